The first-order valence-electron chi connectivity index (χ1n) is 23.2. The summed E-state index contributed by atoms with van der Waals surface area (Å²) in [6.45, 7) is 18.8. The van der Waals surface area contributed by atoms with E-state index < -0.39 is 35.0 Å². The summed E-state index contributed by atoms with van der Waals surface area (Å²) in [5, 5.41) is 0. The SMILES string of the molecule is C[C@H](CCC(=O)OC(C)(C)C)C1CC[C@H]2[C@@H]3CC[C@@H]4C[C@@H](OC(=O)[C@@H](CC(=O)OCC5c6ccccc6-c6ccccc65)CC(=O)OC(C)(C)C)CC[C@]4(C)[C@H]3CC[C@]12C. The van der Waals surface area contributed by atoms with Crippen molar-refractivity contribution in [3.05, 3.63) is 59.7 Å². The Morgan fingerprint density at radius 3 is 1.93 bits per heavy atom. The Morgan fingerprint density at radius 2 is 1.28 bits per heavy atom. The van der Waals surface area contributed by atoms with Crippen LogP contribution in [0.1, 0.15) is 163 Å². The fourth-order valence-corrected chi connectivity index (χ4v) is 13.2. The molecule has 5 aliphatic rings. The highest BCUT2D eigenvalue weighted by Crippen LogP contribution is 2.68. The molecule has 0 heterocycles. The van der Waals surface area contributed by atoms with Gasteiger partial charge < -0.3 is 18.9 Å². The molecule has 328 valence electrons. The normalized spacial score (nSPS) is 30.7. The average molecular weight is 825 g/mol. The van der Waals surface area contributed by atoms with Gasteiger partial charge in [-0.15, -0.1) is 0 Å². The van der Waals surface area contributed by atoms with Crippen LogP contribution in [0.5, 0.6) is 0 Å². The van der Waals surface area contributed by atoms with Crippen LogP contribution in [0.25, 0.3) is 11.1 Å². The third-order valence-corrected chi connectivity index (χ3v) is 15.8. The zero-order valence-electron chi connectivity index (χ0n) is 38.0. The Labute approximate surface area is 359 Å². The topological polar surface area (TPSA) is 105 Å². The molecule has 0 N–H and O–H groups in total. The van der Waals surface area contributed by atoms with Gasteiger partial charge in [0.15, 0.2) is 0 Å². The van der Waals surface area contributed by atoms with Gasteiger partial charge in [-0.2, -0.15) is 0 Å². The number of hydrogen-bond donors (Lipinski definition) is 0. The molecule has 10 atom stereocenters. The zero-order chi connectivity index (χ0) is 43.2. The van der Waals surface area contributed by atoms with E-state index in [1.165, 1.54) is 32.1 Å². The lowest BCUT2D eigenvalue weighted by Gasteiger charge is -2.61. The molecule has 0 radical (unpaired) electrons. The summed E-state index contributed by atoms with van der Waals surface area (Å²) in [5.74, 6) is 0.942. The Morgan fingerprint density at radius 1 is 0.700 bits per heavy atom. The Kier molecular flexibility index (Phi) is 12.7. The van der Waals surface area contributed by atoms with Crippen molar-refractivity contribution in [2.75, 3.05) is 6.61 Å². The van der Waals surface area contributed by atoms with E-state index in [2.05, 4.69) is 45.0 Å². The van der Waals surface area contributed by atoms with E-state index in [4.69, 9.17) is 18.9 Å². The molecule has 0 amide bonds. The van der Waals surface area contributed by atoms with E-state index in [-0.39, 0.29) is 42.9 Å². The lowest BCUT2D eigenvalue weighted by atomic mass is 9.44. The first kappa shape index (κ1) is 44.4. The largest absolute Gasteiger partial charge is 0.465 e. The Hall–Kier alpha value is -3.68. The lowest BCUT2D eigenvalue weighted by molar-refractivity contribution is -0.173. The van der Waals surface area contributed by atoms with E-state index in [1.807, 2.05) is 45.0 Å². The van der Waals surface area contributed by atoms with Crippen molar-refractivity contribution in [3.63, 3.8) is 0 Å². The molecule has 4 fully saturated rings. The van der Waals surface area contributed by atoms with E-state index in [1.54, 1.807) is 20.8 Å². The van der Waals surface area contributed by atoms with Crippen LogP contribution in [0.3, 0.4) is 0 Å². The van der Waals surface area contributed by atoms with Crippen molar-refractivity contribution in [2.24, 2.45) is 52.3 Å². The van der Waals surface area contributed by atoms with Crippen LogP contribution < -0.4 is 0 Å². The van der Waals surface area contributed by atoms with Gasteiger partial charge in [0, 0.05) is 12.3 Å². The van der Waals surface area contributed by atoms with Crippen LogP contribution in [-0.4, -0.2) is 47.8 Å². The van der Waals surface area contributed by atoms with Gasteiger partial charge in [0.2, 0.25) is 0 Å². The molecule has 8 nitrogen and oxygen atoms in total. The predicted octanol–water partition coefficient (Wildman–Crippen LogP) is 11.4. The fraction of sp³-hybridized carbons (Fsp3) is 0.692. The van der Waals surface area contributed by atoms with Crippen LogP contribution in [0, 0.1) is 52.3 Å². The maximum absolute atomic E-state index is 14.0. The maximum Gasteiger partial charge on any atom is 0.310 e. The van der Waals surface area contributed by atoms with E-state index in [0.29, 0.717) is 47.3 Å². The zero-order valence-corrected chi connectivity index (χ0v) is 38.0. The quantitative estimate of drug-likeness (QED) is 0.154. The van der Waals surface area contributed by atoms with Crippen molar-refractivity contribution in [1.29, 1.82) is 0 Å². The molecule has 4 saturated carbocycles. The molecule has 0 aromatic heterocycles. The second kappa shape index (κ2) is 17.2. The van der Waals surface area contributed by atoms with Gasteiger partial charge in [-0.1, -0.05) is 69.3 Å². The summed E-state index contributed by atoms with van der Waals surface area (Å²) >= 11 is 0. The molecule has 2 aromatic carbocycles. The number of carbonyl (C=O) groups excluding carboxylic acids is 4. The molecule has 60 heavy (non-hydrogen) atoms. The first-order valence-corrected chi connectivity index (χ1v) is 23.2. The van der Waals surface area contributed by atoms with Crippen LogP contribution in [0.15, 0.2) is 48.5 Å². The van der Waals surface area contributed by atoms with Crippen LogP contribution in [0.2, 0.25) is 0 Å². The summed E-state index contributed by atoms with van der Waals surface area (Å²) in [6.07, 6.45) is 10.6. The minimum Gasteiger partial charge on any atom is -0.465 e. The number of fused-ring (bicyclic) bond motifs is 8. The van der Waals surface area contributed by atoms with E-state index in [0.717, 1.165) is 54.4 Å². The Bertz CT molecular complexity index is 1860. The highest BCUT2D eigenvalue weighted by Gasteiger charge is 2.61. The van der Waals surface area contributed by atoms with Crippen molar-refractivity contribution in [2.45, 2.75) is 169 Å². The second-order valence-electron chi connectivity index (χ2n) is 21.9. The van der Waals surface area contributed by atoms with Crippen molar-refractivity contribution >= 4 is 23.9 Å². The van der Waals surface area contributed by atoms with Crippen LogP contribution >= 0.6 is 0 Å². The number of carbonyl (C=O) groups is 4. The monoisotopic (exact) mass is 825 g/mol. The Balaban J connectivity index is 0.961. The van der Waals surface area contributed by atoms with E-state index in [9.17, 15) is 19.2 Å². The molecule has 7 rings (SSSR count). The van der Waals surface area contributed by atoms with Gasteiger partial charge in [-0.25, -0.2) is 0 Å². The summed E-state index contributed by atoms with van der Waals surface area (Å²) in [7, 11) is 0. The number of benzene rings is 2. The van der Waals surface area contributed by atoms with Crippen LogP contribution in [-0.2, 0) is 38.1 Å². The summed E-state index contributed by atoms with van der Waals surface area (Å²) < 4.78 is 23.5. The standard InChI is InChI=1S/C52H72O8/c1-32(18-23-45(53)59-49(2,3)4)42-21-22-43-40-20-19-34-30-35(24-26-51(34,8)44(40)25-27-52(42,43)9)58-48(56)33(29-47(55)60-50(5,6)7)28-46(54)57-31-41-38-16-12-10-14-36(38)37-15-11-13-17-39(37)41/h10-17,32-35,40-44H,18-31H2,1-9H3/t32-,33+,34-,35+,40+,42?,43+,44+,51+,52-/m1/s1. The smallest absolute Gasteiger partial charge is 0.310 e. The van der Waals surface area contributed by atoms with Gasteiger partial charge in [-0.3, -0.25) is 19.2 Å². The minimum atomic E-state index is -0.989. The van der Waals surface area contributed by atoms with Gasteiger partial charge >= 0.3 is 23.9 Å². The molecule has 0 aliphatic heterocycles. The molecule has 5 aliphatic carbocycles. The highest BCUT2D eigenvalue weighted by molar-refractivity contribution is 5.85. The summed E-state index contributed by atoms with van der Waals surface area (Å²) in [4.78, 5) is 53.3. The van der Waals surface area contributed by atoms with Crippen molar-refractivity contribution < 1.29 is 38.1 Å². The third-order valence-electron chi connectivity index (χ3n) is 15.8. The number of esters is 4. The molecule has 1 unspecified atom stereocenters. The second-order valence-corrected chi connectivity index (χ2v) is 21.9. The molecule has 0 saturated heterocycles. The summed E-state index contributed by atoms with van der Waals surface area (Å²) in [5.41, 5.74) is 3.85. The van der Waals surface area contributed by atoms with E-state index >= 15 is 0 Å². The third kappa shape index (κ3) is 9.38. The molecule has 0 bridgehead atoms. The molecular weight excluding hydrogens is 753 g/mol. The van der Waals surface area contributed by atoms with Crippen molar-refractivity contribution in [1.82, 2.24) is 0 Å². The predicted molar refractivity (Wildman–Crippen MR) is 233 cm³/mol. The maximum atomic E-state index is 14.0. The first-order chi connectivity index (χ1) is 28.3. The number of hydrogen-bond acceptors (Lipinski definition) is 8. The fourth-order valence-electron chi connectivity index (χ4n) is 13.2. The van der Waals surface area contributed by atoms with Gasteiger partial charge in [0.05, 0.1) is 18.8 Å². The number of ether oxygens (including phenoxy) is 4. The minimum absolute atomic E-state index is 0.0838. The lowest BCUT2D eigenvalue weighted by Crippen LogP contribution is -2.54. The van der Waals surface area contributed by atoms with Gasteiger partial charge in [0.25, 0.3) is 0 Å². The van der Waals surface area contributed by atoms with Gasteiger partial charge in [0.1, 0.15) is 23.9 Å². The van der Waals surface area contributed by atoms with Gasteiger partial charge in [-0.05, 0) is 174 Å². The molecule has 8 heteroatoms. The highest BCUT2D eigenvalue weighted by atomic mass is 16.6. The molecule has 2 aromatic rings. The average Bonchev–Trinajstić information content (AvgIpc) is 3.69. The van der Waals surface area contributed by atoms with Crippen LogP contribution in [0.4, 0.5) is 0 Å². The number of rotatable bonds is 12. The molecule has 0 spiro atoms. The van der Waals surface area contributed by atoms with Crippen molar-refractivity contribution in [3.8, 4) is 11.1 Å². The summed E-state index contributed by atoms with van der Waals surface area (Å²) in [6, 6.07) is 16.4. The molecular formula is C52H72O8.